The topological polar surface area (TPSA) is 40.6 Å². The molecule has 4 heteroatoms. The molecule has 0 atom stereocenters. The summed E-state index contributed by atoms with van der Waals surface area (Å²) in [7, 11) is 0. The van der Waals surface area contributed by atoms with Gasteiger partial charge in [-0.25, -0.2) is 0 Å². The molecule has 0 aliphatic carbocycles. The summed E-state index contributed by atoms with van der Waals surface area (Å²) in [6.45, 7) is 4.31. The highest BCUT2D eigenvalue weighted by molar-refractivity contribution is 5.96. The third-order valence-corrected chi connectivity index (χ3v) is 4.03. The van der Waals surface area contributed by atoms with E-state index in [9.17, 15) is 9.59 Å². The first-order valence-corrected chi connectivity index (χ1v) is 8.37. The van der Waals surface area contributed by atoms with Crippen LogP contribution in [0.25, 0.3) is 0 Å². The van der Waals surface area contributed by atoms with Crippen molar-refractivity contribution < 1.29 is 9.59 Å². The summed E-state index contributed by atoms with van der Waals surface area (Å²) >= 11 is 0. The first-order valence-electron chi connectivity index (χ1n) is 8.37. The van der Waals surface area contributed by atoms with Crippen LogP contribution in [0, 0.1) is 6.67 Å². The van der Waals surface area contributed by atoms with Crippen molar-refractivity contribution in [2.75, 3.05) is 13.1 Å². The highest BCUT2D eigenvalue weighted by Crippen LogP contribution is 2.14. The van der Waals surface area contributed by atoms with Crippen LogP contribution < -0.4 is 0 Å². The summed E-state index contributed by atoms with van der Waals surface area (Å²) in [6, 6.07) is 18.6. The standard InChI is InChI=1S/C21H20N2O2/c24-20(18-7-3-1-4-8-18)11-13-22-15-16-23(17-22)14-12-21(25)19-9-5-2-6-10-19/h1-10,15-16H,11-14H2. The van der Waals surface area contributed by atoms with Gasteiger partial charge in [-0.05, 0) is 0 Å². The minimum Gasteiger partial charge on any atom is -0.346 e. The largest absolute Gasteiger partial charge is 0.346 e. The highest BCUT2D eigenvalue weighted by atomic mass is 16.1. The Kier molecular flexibility index (Phi) is 5.62. The van der Waals surface area contributed by atoms with Crippen molar-refractivity contribution in [1.29, 1.82) is 0 Å². The smallest absolute Gasteiger partial charge is 0.207 e. The molecule has 1 heterocycles. The Labute approximate surface area is 148 Å². The van der Waals surface area contributed by atoms with Gasteiger partial charge in [0.05, 0.1) is 0 Å². The van der Waals surface area contributed by atoms with Crippen molar-refractivity contribution in [1.82, 2.24) is 9.80 Å². The van der Waals surface area contributed by atoms with Crippen molar-refractivity contribution in [2.24, 2.45) is 0 Å². The van der Waals surface area contributed by atoms with Crippen LogP contribution in [-0.4, -0.2) is 34.5 Å². The summed E-state index contributed by atoms with van der Waals surface area (Å²) in [4.78, 5) is 27.9. The van der Waals surface area contributed by atoms with E-state index in [4.69, 9.17) is 0 Å². The van der Waals surface area contributed by atoms with E-state index in [0.29, 0.717) is 25.9 Å². The van der Waals surface area contributed by atoms with Gasteiger partial charge in [0.15, 0.2) is 11.6 Å². The summed E-state index contributed by atoms with van der Waals surface area (Å²) in [5, 5.41) is 0. The third-order valence-electron chi connectivity index (χ3n) is 4.03. The molecule has 2 aromatic rings. The van der Waals surface area contributed by atoms with Gasteiger partial charge in [-0.2, -0.15) is 0 Å². The number of rotatable bonds is 8. The van der Waals surface area contributed by atoms with Crippen molar-refractivity contribution >= 4 is 11.6 Å². The number of hydrogen-bond donors (Lipinski definition) is 0. The Morgan fingerprint density at radius 2 is 1.08 bits per heavy atom. The average molecular weight is 332 g/mol. The first-order chi connectivity index (χ1) is 12.2. The molecule has 0 saturated heterocycles. The number of ketones is 2. The molecule has 0 saturated carbocycles. The maximum Gasteiger partial charge on any atom is 0.207 e. The summed E-state index contributed by atoms with van der Waals surface area (Å²) in [5.41, 5.74) is 1.46. The molecule has 0 spiro atoms. The van der Waals surface area contributed by atoms with E-state index in [2.05, 4.69) is 6.67 Å². The Morgan fingerprint density at radius 3 is 1.48 bits per heavy atom. The lowest BCUT2D eigenvalue weighted by Crippen LogP contribution is -2.23. The molecular formula is C21H20N2O2. The van der Waals surface area contributed by atoms with Crippen molar-refractivity contribution in [3.8, 4) is 0 Å². The molecule has 2 radical (unpaired) electrons. The fraction of sp³-hybridized carbons (Fsp3) is 0.190. The Hall–Kier alpha value is -2.88. The van der Waals surface area contributed by atoms with Gasteiger partial charge in [0.2, 0.25) is 6.67 Å². The molecule has 1 aliphatic rings. The Bertz CT molecular complexity index is 678. The lowest BCUT2D eigenvalue weighted by Gasteiger charge is -2.18. The van der Waals surface area contributed by atoms with Gasteiger partial charge in [0.25, 0.3) is 0 Å². The monoisotopic (exact) mass is 332 g/mol. The van der Waals surface area contributed by atoms with Crippen molar-refractivity contribution in [3.63, 3.8) is 0 Å². The van der Waals surface area contributed by atoms with Gasteiger partial charge in [-0.15, -0.1) is 0 Å². The van der Waals surface area contributed by atoms with Crippen LogP contribution in [0.5, 0.6) is 0 Å². The molecule has 2 aromatic carbocycles. The fourth-order valence-electron chi connectivity index (χ4n) is 2.62. The molecule has 1 aliphatic heterocycles. The molecule has 3 rings (SSSR count). The molecule has 0 amide bonds. The minimum atomic E-state index is 0.119. The second kappa shape index (κ2) is 8.29. The predicted octanol–water partition coefficient (Wildman–Crippen LogP) is 3.62. The number of benzene rings is 2. The second-order valence-electron chi connectivity index (χ2n) is 5.86. The van der Waals surface area contributed by atoms with Crippen LogP contribution in [0.3, 0.4) is 0 Å². The lowest BCUT2D eigenvalue weighted by molar-refractivity contribution is 0.0972. The van der Waals surface area contributed by atoms with Crippen LogP contribution >= 0.6 is 0 Å². The number of hydrogen-bond acceptors (Lipinski definition) is 4. The fourth-order valence-corrected chi connectivity index (χ4v) is 2.62. The summed E-state index contributed by atoms with van der Waals surface area (Å²) < 4.78 is 0. The molecule has 0 aromatic heterocycles. The quantitative estimate of drug-likeness (QED) is 0.692. The predicted molar refractivity (Wildman–Crippen MR) is 96.6 cm³/mol. The molecule has 0 N–H and O–H groups in total. The van der Waals surface area contributed by atoms with E-state index in [1.165, 1.54) is 0 Å². The van der Waals surface area contributed by atoms with Gasteiger partial charge in [0.1, 0.15) is 0 Å². The van der Waals surface area contributed by atoms with Crippen molar-refractivity contribution in [3.05, 3.63) is 90.9 Å². The summed E-state index contributed by atoms with van der Waals surface area (Å²) in [5.74, 6) is 0.238. The SMILES string of the molecule is O=C(CCN1[C]N(CCC(=O)c2ccccc2)C=C1)c1ccccc1. The molecule has 25 heavy (non-hydrogen) atoms. The van der Waals surface area contributed by atoms with E-state index in [1.54, 1.807) is 0 Å². The highest BCUT2D eigenvalue weighted by Gasteiger charge is 2.17. The first kappa shape index (κ1) is 17.0. The van der Waals surface area contributed by atoms with Crippen LogP contribution in [-0.2, 0) is 0 Å². The normalized spacial score (nSPS) is 13.3. The van der Waals surface area contributed by atoms with Gasteiger partial charge in [-0.1, -0.05) is 60.7 Å². The van der Waals surface area contributed by atoms with Crippen LogP contribution in [0.1, 0.15) is 33.6 Å². The number of Topliss-reactive ketones (excluding diaryl/α,β-unsaturated/α-hetero) is 2. The number of carbonyl (C=O) groups is 2. The number of carbonyl (C=O) groups excluding carboxylic acids is 2. The molecule has 0 unspecified atom stereocenters. The van der Waals surface area contributed by atoms with E-state index >= 15 is 0 Å². The van der Waals surface area contributed by atoms with Crippen LogP contribution in [0.15, 0.2) is 73.1 Å². The zero-order valence-electron chi connectivity index (χ0n) is 14.0. The minimum absolute atomic E-state index is 0.119. The van der Waals surface area contributed by atoms with Gasteiger partial charge in [-0.3, -0.25) is 9.59 Å². The van der Waals surface area contributed by atoms with Crippen LogP contribution in [0.2, 0.25) is 0 Å². The zero-order valence-corrected chi connectivity index (χ0v) is 14.0. The van der Waals surface area contributed by atoms with Gasteiger partial charge < -0.3 is 9.80 Å². The summed E-state index contributed by atoms with van der Waals surface area (Å²) in [6.07, 6.45) is 4.62. The van der Waals surface area contributed by atoms with Crippen molar-refractivity contribution in [2.45, 2.75) is 12.8 Å². The Morgan fingerprint density at radius 1 is 0.680 bits per heavy atom. The average Bonchev–Trinajstić information content (AvgIpc) is 3.13. The lowest BCUT2D eigenvalue weighted by atomic mass is 10.1. The maximum absolute atomic E-state index is 12.1. The number of nitrogens with zero attached hydrogens (tertiary/aromatic N) is 2. The zero-order chi connectivity index (χ0) is 17.5. The third kappa shape index (κ3) is 4.80. The van der Waals surface area contributed by atoms with E-state index < -0.39 is 0 Å². The van der Waals surface area contributed by atoms with E-state index in [0.717, 1.165) is 11.1 Å². The maximum atomic E-state index is 12.1. The van der Waals surface area contributed by atoms with E-state index in [-0.39, 0.29) is 11.6 Å². The van der Waals surface area contributed by atoms with Gasteiger partial charge in [0, 0.05) is 49.5 Å². The van der Waals surface area contributed by atoms with Gasteiger partial charge >= 0.3 is 0 Å². The van der Waals surface area contributed by atoms with E-state index in [1.807, 2.05) is 82.9 Å². The molecular weight excluding hydrogens is 312 g/mol. The second-order valence-corrected chi connectivity index (χ2v) is 5.86. The molecule has 0 fully saturated rings. The molecule has 0 bridgehead atoms. The van der Waals surface area contributed by atoms with Crippen LogP contribution in [0.4, 0.5) is 0 Å². The molecule has 126 valence electrons. The molecule has 4 nitrogen and oxygen atoms in total. The Balaban J connectivity index is 1.40.